The summed E-state index contributed by atoms with van der Waals surface area (Å²) in [6.45, 7) is 0.222. The van der Waals surface area contributed by atoms with Crippen LogP contribution in [0.1, 0.15) is 21.5 Å². The van der Waals surface area contributed by atoms with Crippen LogP contribution in [0.5, 0.6) is 11.5 Å². The van der Waals surface area contributed by atoms with Gasteiger partial charge in [-0.2, -0.15) is 5.01 Å². The molecule has 0 spiro atoms. The minimum Gasteiger partial charge on any atom is -0.497 e. The van der Waals surface area contributed by atoms with Crippen LogP contribution in [-0.4, -0.2) is 28.3 Å². The Labute approximate surface area is 221 Å². The highest BCUT2D eigenvalue weighted by Crippen LogP contribution is 2.34. The van der Waals surface area contributed by atoms with E-state index in [-0.39, 0.29) is 10.9 Å². The summed E-state index contributed by atoms with van der Waals surface area (Å²) in [5.74, 6) is 0.284. The van der Waals surface area contributed by atoms with Crippen molar-refractivity contribution in [3.05, 3.63) is 98.4 Å². The van der Waals surface area contributed by atoms with Gasteiger partial charge in [0.15, 0.2) is 4.32 Å². The quantitative estimate of drug-likeness (QED) is 0.285. The van der Waals surface area contributed by atoms with E-state index in [1.54, 1.807) is 54.6 Å². The molecule has 0 bridgehead atoms. The lowest BCUT2D eigenvalue weighted by Gasteiger charge is -2.15. The zero-order chi connectivity index (χ0) is 24.9. The minimum atomic E-state index is -0.464. The predicted molar refractivity (Wildman–Crippen MR) is 143 cm³/mol. The molecule has 0 saturated carbocycles. The number of methoxy groups -OCH3 is 1. The number of nitrogens with zero attached hydrogens (tertiary/aromatic N) is 1. The molecule has 1 aliphatic rings. The number of para-hydroxylation sites is 1. The van der Waals surface area contributed by atoms with E-state index in [1.807, 2.05) is 18.2 Å². The average Bonchev–Trinajstić information content (AvgIpc) is 3.11. The van der Waals surface area contributed by atoms with Gasteiger partial charge in [0, 0.05) is 26.7 Å². The number of hydrogen-bond donors (Lipinski definition) is 1. The molecule has 1 saturated heterocycles. The third-order valence-electron chi connectivity index (χ3n) is 4.96. The Morgan fingerprint density at radius 1 is 1.11 bits per heavy atom. The lowest BCUT2D eigenvalue weighted by molar-refractivity contribution is -0.123. The number of thioether (sulfide) groups is 1. The van der Waals surface area contributed by atoms with Crippen molar-refractivity contribution < 1.29 is 19.1 Å². The molecule has 1 N–H and O–H groups in total. The topological polar surface area (TPSA) is 67.9 Å². The van der Waals surface area contributed by atoms with E-state index in [4.69, 9.17) is 44.9 Å². The van der Waals surface area contributed by atoms with Gasteiger partial charge in [-0.05, 0) is 60.8 Å². The normalized spacial score (nSPS) is 14.4. The van der Waals surface area contributed by atoms with Crippen molar-refractivity contribution in [2.45, 2.75) is 6.61 Å². The van der Waals surface area contributed by atoms with E-state index in [0.717, 1.165) is 22.3 Å². The number of amides is 2. The van der Waals surface area contributed by atoms with Crippen LogP contribution >= 0.6 is 47.2 Å². The Morgan fingerprint density at radius 3 is 2.57 bits per heavy atom. The maximum Gasteiger partial charge on any atom is 0.285 e. The van der Waals surface area contributed by atoms with E-state index < -0.39 is 11.8 Å². The number of hydrogen-bond acceptors (Lipinski definition) is 6. The molecule has 35 heavy (non-hydrogen) atoms. The van der Waals surface area contributed by atoms with Gasteiger partial charge in [0.05, 0.1) is 12.0 Å². The second-order valence-corrected chi connectivity index (χ2v) is 9.77. The highest BCUT2D eigenvalue weighted by Gasteiger charge is 2.34. The number of carbonyl (C=O) groups excluding carboxylic acids is 2. The second-order valence-electron chi connectivity index (χ2n) is 7.25. The zero-order valence-electron chi connectivity index (χ0n) is 18.3. The Kier molecular flexibility index (Phi) is 7.97. The second kappa shape index (κ2) is 11.1. The summed E-state index contributed by atoms with van der Waals surface area (Å²) in [6, 6.07) is 19.0. The average molecular weight is 545 g/mol. The standard InChI is InChI=1S/C25H18Cl2N2O4S2/c1-32-19-10-7-15(8-11-19)23(30)28-29-24(31)22(35-25(29)34)12-16-4-2-3-5-21(16)33-14-17-6-9-18(26)13-20(17)27/h2-13H,14H2,1H3,(H,28,30)/b22-12+. The van der Waals surface area contributed by atoms with Crippen LogP contribution in [0.3, 0.4) is 0 Å². The number of hydrazine groups is 1. The SMILES string of the molecule is COc1ccc(C(=O)NN2C(=O)/C(=C\c3ccccc3OCc3ccc(Cl)cc3Cl)SC2=S)cc1. The molecule has 1 fully saturated rings. The first-order chi connectivity index (χ1) is 16.9. The van der Waals surface area contributed by atoms with Crippen LogP contribution in [0.4, 0.5) is 0 Å². The highest BCUT2D eigenvalue weighted by molar-refractivity contribution is 8.26. The Balaban J connectivity index is 1.48. The molecule has 0 radical (unpaired) electrons. The molecule has 0 aliphatic carbocycles. The smallest absolute Gasteiger partial charge is 0.285 e. The third kappa shape index (κ3) is 5.97. The van der Waals surface area contributed by atoms with Gasteiger partial charge in [0.2, 0.25) is 0 Å². The number of thiocarbonyl (C=S) groups is 1. The summed E-state index contributed by atoms with van der Waals surface area (Å²) in [5, 5.41) is 2.11. The number of rotatable bonds is 7. The van der Waals surface area contributed by atoms with Crippen LogP contribution in [0, 0.1) is 0 Å². The van der Waals surface area contributed by atoms with Crippen molar-refractivity contribution in [3.8, 4) is 11.5 Å². The van der Waals surface area contributed by atoms with Gasteiger partial charge < -0.3 is 9.47 Å². The van der Waals surface area contributed by atoms with E-state index in [9.17, 15) is 9.59 Å². The number of carbonyl (C=O) groups is 2. The molecule has 1 aliphatic heterocycles. The zero-order valence-corrected chi connectivity index (χ0v) is 21.4. The van der Waals surface area contributed by atoms with Gasteiger partial charge in [-0.15, -0.1) is 0 Å². The van der Waals surface area contributed by atoms with E-state index >= 15 is 0 Å². The Hall–Kier alpha value is -3.04. The van der Waals surface area contributed by atoms with Crippen LogP contribution < -0.4 is 14.9 Å². The van der Waals surface area contributed by atoms with Gasteiger partial charge in [-0.25, -0.2) is 0 Å². The molecule has 1 heterocycles. The molecule has 6 nitrogen and oxygen atoms in total. The van der Waals surface area contributed by atoms with E-state index in [2.05, 4.69) is 5.43 Å². The van der Waals surface area contributed by atoms with Gasteiger partial charge in [0.1, 0.15) is 18.1 Å². The largest absolute Gasteiger partial charge is 0.497 e. The fourth-order valence-electron chi connectivity index (χ4n) is 3.14. The monoisotopic (exact) mass is 544 g/mol. The molecule has 3 aromatic rings. The third-order valence-corrected chi connectivity index (χ3v) is 6.85. The molecule has 0 unspecified atom stereocenters. The first-order valence-electron chi connectivity index (χ1n) is 10.2. The summed E-state index contributed by atoms with van der Waals surface area (Å²) in [4.78, 5) is 26.0. The molecule has 178 valence electrons. The van der Waals surface area contributed by atoms with E-state index in [1.165, 1.54) is 7.11 Å². The lowest BCUT2D eigenvalue weighted by Crippen LogP contribution is -2.44. The van der Waals surface area contributed by atoms with Crippen molar-refractivity contribution in [2.24, 2.45) is 0 Å². The fourth-order valence-corrected chi connectivity index (χ4v) is 4.77. The van der Waals surface area contributed by atoms with E-state index in [0.29, 0.717) is 37.6 Å². The molecule has 3 aromatic carbocycles. The summed E-state index contributed by atoms with van der Waals surface area (Å²) in [6.07, 6.45) is 1.68. The maximum absolute atomic E-state index is 13.0. The van der Waals surface area contributed by atoms with Gasteiger partial charge >= 0.3 is 0 Å². The van der Waals surface area contributed by atoms with Crippen LogP contribution in [0.15, 0.2) is 71.6 Å². The first-order valence-corrected chi connectivity index (χ1v) is 12.2. The van der Waals surface area contributed by atoms with Gasteiger partial charge in [-0.1, -0.05) is 59.2 Å². The first kappa shape index (κ1) is 25.1. The molecule has 2 amide bonds. The number of halogens is 2. The van der Waals surface area contributed by atoms with Crippen molar-refractivity contribution in [1.82, 2.24) is 10.4 Å². The highest BCUT2D eigenvalue weighted by atomic mass is 35.5. The van der Waals surface area contributed by atoms with Gasteiger partial charge in [-0.3, -0.25) is 15.0 Å². The maximum atomic E-state index is 13.0. The Bertz CT molecular complexity index is 1330. The number of benzene rings is 3. The summed E-state index contributed by atoms with van der Waals surface area (Å²) >= 11 is 18.6. The molecule has 0 aromatic heterocycles. The van der Waals surface area contributed by atoms with Gasteiger partial charge in [0.25, 0.3) is 11.8 Å². The summed E-state index contributed by atoms with van der Waals surface area (Å²) in [7, 11) is 1.54. The summed E-state index contributed by atoms with van der Waals surface area (Å²) < 4.78 is 11.3. The molecule has 0 atom stereocenters. The van der Waals surface area contributed by atoms with Crippen molar-refractivity contribution in [1.29, 1.82) is 0 Å². The number of nitrogens with one attached hydrogen (secondary N) is 1. The minimum absolute atomic E-state index is 0.217. The molecule has 4 rings (SSSR count). The number of ether oxygens (including phenoxy) is 2. The fraction of sp³-hybridized carbons (Fsp3) is 0.0800. The molecular weight excluding hydrogens is 527 g/mol. The predicted octanol–water partition coefficient (Wildman–Crippen LogP) is 6.13. The van der Waals surface area contributed by atoms with Crippen molar-refractivity contribution in [2.75, 3.05) is 7.11 Å². The van der Waals surface area contributed by atoms with Crippen LogP contribution in [0.2, 0.25) is 10.0 Å². The van der Waals surface area contributed by atoms with Crippen LogP contribution in [-0.2, 0) is 11.4 Å². The Morgan fingerprint density at radius 2 is 1.86 bits per heavy atom. The van der Waals surface area contributed by atoms with Crippen molar-refractivity contribution >= 4 is 69.4 Å². The van der Waals surface area contributed by atoms with Crippen LogP contribution in [0.25, 0.3) is 6.08 Å². The molecule has 10 heteroatoms. The lowest BCUT2D eigenvalue weighted by atomic mass is 10.1. The summed E-state index contributed by atoms with van der Waals surface area (Å²) in [5.41, 5.74) is 4.39. The van der Waals surface area contributed by atoms with Crippen molar-refractivity contribution in [3.63, 3.8) is 0 Å². The molecular formula is C25H18Cl2N2O4S2.